The fourth-order valence-electron chi connectivity index (χ4n) is 3.07. The quantitative estimate of drug-likeness (QED) is 0.305. The smallest absolute Gasteiger partial charge is 0.0869 e. The van der Waals surface area contributed by atoms with E-state index in [0.29, 0.717) is 11.1 Å². The van der Waals surface area contributed by atoms with E-state index in [4.69, 9.17) is 0 Å². The molecule has 0 bridgehead atoms. The molecule has 128 valence electrons. The van der Waals surface area contributed by atoms with Crippen LogP contribution in [-0.4, -0.2) is 13.1 Å². The van der Waals surface area contributed by atoms with Gasteiger partial charge in [-0.25, -0.2) is 0 Å². The van der Waals surface area contributed by atoms with Crippen molar-refractivity contribution in [3.8, 4) is 0 Å². The summed E-state index contributed by atoms with van der Waals surface area (Å²) in [6, 6.07) is 0.353. The molecular weight excluding hydrogens is 258 g/mol. The van der Waals surface area contributed by atoms with E-state index in [1.807, 2.05) is 0 Å². The Bertz CT molecular complexity index is 194. The van der Waals surface area contributed by atoms with Crippen LogP contribution in [-0.2, 0) is 0 Å². The van der Waals surface area contributed by atoms with Gasteiger partial charge in [-0.3, -0.25) is 0 Å². The van der Waals surface area contributed by atoms with Crippen LogP contribution in [0.15, 0.2) is 0 Å². The zero-order valence-corrected chi connectivity index (χ0v) is 15.1. The van der Waals surface area contributed by atoms with Crippen LogP contribution in [0.1, 0.15) is 110 Å². The Morgan fingerprint density at radius 3 is 1.33 bits per heavy atom. The fraction of sp³-hybridized carbons (Fsp3) is 1.00. The van der Waals surface area contributed by atoms with Crippen molar-refractivity contribution < 1.29 is 5.06 Å². The summed E-state index contributed by atoms with van der Waals surface area (Å²) in [5, 5.41) is 12.1. The highest BCUT2D eigenvalue weighted by atomic mass is 16.5. The second-order valence-electron chi connectivity index (χ2n) is 6.77. The van der Waals surface area contributed by atoms with Crippen molar-refractivity contribution in [2.45, 2.75) is 116 Å². The summed E-state index contributed by atoms with van der Waals surface area (Å²) in [6.07, 6.45) is 19.7. The highest BCUT2D eigenvalue weighted by molar-refractivity contribution is 4.58. The third-order valence-corrected chi connectivity index (χ3v) is 4.64. The fourth-order valence-corrected chi connectivity index (χ4v) is 3.07. The second kappa shape index (κ2) is 16.3. The van der Waals surface area contributed by atoms with E-state index in [9.17, 15) is 5.21 Å². The average molecular weight is 300 g/mol. The van der Waals surface area contributed by atoms with E-state index >= 15 is 0 Å². The molecule has 2 nitrogen and oxygen atoms in total. The number of hydrogen-bond acceptors (Lipinski definition) is 1. The van der Waals surface area contributed by atoms with Crippen LogP contribution in [0.4, 0.5) is 0 Å². The minimum absolute atomic E-state index is 0.353. The molecule has 0 aliphatic heterocycles. The molecular formula is C19H41NO. The summed E-state index contributed by atoms with van der Waals surface area (Å²) in [6.45, 7) is 4.51. The summed E-state index contributed by atoms with van der Waals surface area (Å²) in [5.74, 6) is 0. The van der Waals surface area contributed by atoms with Gasteiger partial charge in [0.15, 0.2) is 0 Å². The van der Waals surface area contributed by atoms with Crippen LogP contribution in [0.25, 0.3) is 0 Å². The molecule has 0 radical (unpaired) electrons. The van der Waals surface area contributed by atoms with Crippen LogP contribution >= 0.6 is 0 Å². The largest absolute Gasteiger partial charge is 0.634 e. The molecule has 0 fully saturated rings. The van der Waals surface area contributed by atoms with Crippen molar-refractivity contribution in [2.75, 3.05) is 7.05 Å². The Hall–Kier alpha value is -0.0800. The first-order chi connectivity index (χ1) is 10.2. The Balaban J connectivity index is 3.43. The molecule has 0 saturated carbocycles. The predicted molar refractivity (Wildman–Crippen MR) is 94.6 cm³/mol. The van der Waals surface area contributed by atoms with Crippen molar-refractivity contribution in [1.29, 1.82) is 0 Å². The van der Waals surface area contributed by atoms with Gasteiger partial charge in [-0.1, -0.05) is 84.5 Å². The third kappa shape index (κ3) is 14.6. The summed E-state index contributed by atoms with van der Waals surface area (Å²) in [5.41, 5.74) is 0. The molecule has 0 aromatic carbocycles. The zero-order valence-electron chi connectivity index (χ0n) is 15.1. The lowest BCUT2D eigenvalue weighted by molar-refractivity contribution is -0.855. The number of nitrogens with one attached hydrogen (secondary N) is 1. The number of unbranched alkanes of at least 4 members (excludes halogenated alkanes) is 11. The van der Waals surface area contributed by atoms with Crippen LogP contribution in [0, 0.1) is 5.21 Å². The Kier molecular flexibility index (Phi) is 16.2. The second-order valence-corrected chi connectivity index (χ2v) is 6.77. The zero-order chi connectivity index (χ0) is 15.8. The predicted octanol–water partition coefficient (Wildman–Crippen LogP) is 5.26. The summed E-state index contributed by atoms with van der Waals surface area (Å²) >= 11 is 0. The number of hydroxylamine groups is 2. The van der Waals surface area contributed by atoms with E-state index in [1.54, 1.807) is 7.05 Å². The van der Waals surface area contributed by atoms with Crippen LogP contribution < -0.4 is 5.06 Å². The first-order valence-corrected chi connectivity index (χ1v) is 9.72. The molecule has 0 rings (SSSR count). The SMILES string of the molecule is CCCCCCCCCCCC(CCCCCC)[NH+](C)[O-]. The maximum atomic E-state index is 11.7. The number of quaternary nitrogens is 1. The lowest BCUT2D eigenvalue weighted by atomic mass is 10.00. The molecule has 0 saturated heterocycles. The topological polar surface area (TPSA) is 27.5 Å². The monoisotopic (exact) mass is 299 g/mol. The first kappa shape index (κ1) is 20.9. The normalized spacial score (nSPS) is 14.3. The minimum Gasteiger partial charge on any atom is -0.634 e. The molecule has 0 spiro atoms. The first-order valence-electron chi connectivity index (χ1n) is 9.72. The van der Waals surface area contributed by atoms with Crippen LogP contribution in [0.2, 0.25) is 0 Å². The molecule has 1 N–H and O–H groups in total. The summed E-state index contributed by atoms with van der Waals surface area (Å²) in [7, 11) is 1.79. The van der Waals surface area contributed by atoms with Crippen molar-refractivity contribution >= 4 is 0 Å². The van der Waals surface area contributed by atoms with E-state index < -0.39 is 0 Å². The molecule has 2 heteroatoms. The lowest BCUT2D eigenvalue weighted by Crippen LogP contribution is -3.08. The molecule has 0 aromatic heterocycles. The van der Waals surface area contributed by atoms with Crippen molar-refractivity contribution in [3.05, 3.63) is 5.21 Å². The molecule has 0 aromatic rings. The molecule has 21 heavy (non-hydrogen) atoms. The lowest BCUT2D eigenvalue weighted by Gasteiger charge is -2.28. The average Bonchev–Trinajstić information content (AvgIpc) is 2.47. The summed E-state index contributed by atoms with van der Waals surface area (Å²) < 4.78 is 0. The van der Waals surface area contributed by atoms with Crippen molar-refractivity contribution in [2.24, 2.45) is 0 Å². The van der Waals surface area contributed by atoms with E-state index in [-0.39, 0.29) is 0 Å². The Labute approximate surface area is 134 Å². The van der Waals surface area contributed by atoms with E-state index in [1.165, 1.54) is 83.5 Å². The number of rotatable bonds is 16. The van der Waals surface area contributed by atoms with Gasteiger partial charge in [0.05, 0.1) is 13.1 Å². The number of hydrogen-bond donors (Lipinski definition) is 1. The van der Waals surface area contributed by atoms with Gasteiger partial charge in [-0.2, -0.15) is 0 Å². The van der Waals surface area contributed by atoms with Crippen LogP contribution in [0.3, 0.4) is 0 Å². The van der Waals surface area contributed by atoms with E-state index in [0.717, 1.165) is 12.8 Å². The highest BCUT2D eigenvalue weighted by Crippen LogP contribution is 2.13. The van der Waals surface area contributed by atoms with Crippen molar-refractivity contribution in [1.82, 2.24) is 0 Å². The van der Waals surface area contributed by atoms with Gasteiger partial charge in [0.2, 0.25) is 0 Å². The van der Waals surface area contributed by atoms with Crippen LogP contribution in [0.5, 0.6) is 0 Å². The van der Waals surface area contributed by atoms with Gasteiger partial charge >= 0.3 is 0 Å². The van der Waals surface area contributed by atoms with Gasteiger partial charge in [0.25, 0.3) is 0 Å². The van der Waals surface area contributed by atoms with Crippen molar-refractivity contribution in [3.63, 3.8) is 0 Å². The van der Waals surface area contributed by atoms with Gasteiger partial charge < -0.3 is 10.3 Å². The third-order valence-electron chi connectivity index (χ3n) is 4.64. The van der Waals surface area contributed by atoms with Gasteiger partial charge in [0.1, 0.15) is 0 Å². The van der Waals surface area contributed by atoms with Gasteiger partial charge in [-0.15, -0.1) is 0 Å². The molecule has 0 aliphatic carbocycles. The highest BCUT2D eigenvalue weighted by Gasteiger charge is 2.11. The molecule has 0 amide bonds. The molecule has 2 atom stereocenters. The molecule has 2 unspecified atom stereocenters. The van der Waals surface area contributed by atoms with Gasteiger partial charge in [0, 0.05) is 0 Å². The standard InChI is InChI=1S/C19H41NO/c1-4-6-8-10-11-12-13-14-16-18-19(20(3)21)17-15-9-7-5-2/h19-20H,4-18H2,1-3H3. The van der Waals surface area contributed by atoms with E-state index in [2.05, 4.69) is 13.8 Å². The maximum Gasteiger partial charge on any atom is 0.0869 e. The minimum atomic E-state index is 0.353. The summed E-state index contributed by atoms with van der Waals surface area (Å²) in [4.78, 5) is 0. The maximum absolute atomic E-state index is 11.7. The molecule has 0 heterocycles. The van der Waals surface area contributed by atoms with Gasteiger partial charge in [-0.05, 0) is 25.7 Å². The molecule has 0 aliphatic rings. The Morgan fingerprint density at radius 1 is 0.619 bits per heavy atom. The Morgan fingerprint density at radius 2 is 0.952 bits per heavy atom.